The van der Waals surface area contributed by atoms with Crippen LogP contribution in [0.3, 0.4) is 0 Å². The van der Waals surface area contributed by atoms with Crippen LogP contribution in [-0.2, 0) is 14.3 Å². The summed E-state index contributed by atoms with van der Waals surface area (Å²) < 4.78 is 5.51. The largest absolute Gasteiger partial charge is 0.466 e. The Hall–Kier alpha value is -1.92. The van der Waals surface area contributed by atoms with E-state index >= 15 is 0 Å². The van der Waals surface area contributed by atoms with Crippen LogP contribution in [0.5, 0.6) is 0 Å². The summed E-state index contributed by atoms with van der Waals surface area (Å²) in [7, 11) is 0. The second-order valence-corrected chi connectivity index (χ2v) is 26.7. The van der Waals surface area contributed by atoms with Gasteiger partial charge in [0.05, 0.1) is 25.4 Å². The molecule has 0 aromatic carbocycles. The van der Waals surface area contributed by atoms with Gasteiger partial charge in [0, 0.05) is 12.8 Å². The Bertz CT molecular complexity index is 1380. The van der Waals surface area contributed by atoms with Crippen LogP contribution in [0.25, 0.3) is 0 Å². The van der Waals surface area contributed by atoms with Crippen molar-refractivity contribution < 1.29 is 24.5 Å². The second kappa shape index (κ2) is 74.5. The number of carbonyl (C=O) groups excluding carboxylic acids is 2. The molecule has 0 aliphatic carbocycles. The van der Waals surface area contributed by atoms with Crippen LogP contribution < -0.4 is 5.32 Å². The highest BCUT2D eigenvalue weighted by Crippen LogP contribution is 2.19. The third kappa shape index (κ3) is 71.0. The highest BCUT2D eigenvalue weighted by Gasteiger charge is 2.20. The number of nitrogens with one attached hydrogen (secondary N) is 1. The molecule has 1 amide bonds. The zero-order valence-electron chi connectivity index (χ0n) is 57.6. The number of hydrogen-bond donors (Lipinski definition) is 3. The maximum atomic E-state index is 12.6. The molecule has 0 aliphatic heterocycles. The molecule has 0 saturated heterocycles. The summed E-state index contributed by atoms with van der Waals surface area (Å²) in [6.07, 6.45) is 96.5. The van der Waals surface area contributed by atoms with E-state index in [4.69, 9.17) is 4.74 Å². The molecule has 0 radical (unpaired) electrons. The Labute approximate surface area is 532 Å². The molecule has 3 N–H and O–H groups in total. The zero-order valence-corrected chi connectivity index (χ0v) is 57.6. The minimum Gasteiger partial charge on any atom is -0.466 e. The van der Waals surface area contributed by atoms with E-state index in [2.05, 4.69) is 55.6 Å². The van der Waals surface area contributed by atoms with Gasteiger partial charge in [-0.2, -0.15) is 0 Å². The van der Waals surface area contributed by atoms with Crippen molar-refractivity contribution in [2.24, 2.45) is 0 Å². The number of allylic oxidation sites excluding steroid dienone is 6. The Morgan fingerprint density at radius 1 is 0.329 bits per heavy atom. The predicted molar refractivity (Wildman–Crippen MR) is 375 cm³/mol. The van der Waals surface area contributed by atoms with Crippen LogP contribution >= 0.6 is 0 Å². The molecule has 0 saturated carbocycles. The van der Waals surface area contributed by atoms with E-state index in [1.54, 1.807) is 0 Å². The smallest absolute Gasteiger partial charge is 0.305 e. The monoisotopic (exact) mass is 1190 g/mol. The normalized spacial score (nSPS) is 12.7. The van der Waals surface area contributed by atoms with Gasteiger partial charge in [0.25, 0.3) is 0 Å². The lowest BCUT2D eigenvalue weighted by Gasteiger charge is -2.22. The number of rotatable bonds is 73. The van der Waals surface area contributed by atoms with E-state index < -0.39 is 12.1 Å². The molecule has 6 heteroatoms. The maximum Gasteiger partial charge on any atom is 0.305 e. The van der Waals surface area contributed by atoms with Gasteiger partial charge >= 0.3 is 5.97 Å². The number of ether oxygens (including phenoxy) is 1. The fourth-order valence-electron chi connectivity index (χ4n) is 12.3. The molecule has 0 fully saturated rings. The van der Waals surface area contributed by atoms with E-state index in [1.807, 2.05) is 0 Å². The Morgan fingerprint density at radius 3 is 0.906 bits per heavy atom. The van der Waals surface area contributed by atoms with Gasteiger partial charge in [0.15, 0.2) is 0 Å². The lowest BCUT2D eigenvalue weighted by molar-refractivity contribution is -0.143. The van der Waals surface area contributed by atoms with Crippen LogP contribution in [0.15, 0.2) is 36.5 Å². The Morgan fingerprint density at radius 2 is 0.588 bits per heavy atom. The highest BCUT2D eigenvalue weighted by atomic mass is 16.5. The molecule has 6 nitrogen and oxygen atoms in total. The lowest BCUT2D eigenvalue weighted by atomic mass is 10.0. The van der Waals surface area contributed by atoms with Gasteiger partial charge in [-0.25, -0.2) is 0 Å². The van der Waals surface area contributed by atoms with E-state index in [0.717, 1.165) is 51.4 Å². The van der Waals surface area contributed by atoms with E-state index in [1.165, 1.54) is 347 Å². The number of amides is 1. The van der Waals surface area contributed by atoms with Crippen LogP contribution in [0.4, 0.5) is 0 Å². The summed E-state index contributed by atoms with van der Waals surface area (Å²) in [5.74, 6) is -0.0192. The minimum absolute atomic E-state index is 0.0124. The average Bonchev–Trinajstić information content (AvgIpc) is 3.50. The molecule has 2 atom stereocenters. The number of carbonyl (C=O) groups is 2. The van der Waals surface area contributed by atoms with Crippen LogP contribution in [-0.4, -0.2) is 47.4 Å². The SMILES string of the molecule is CCCCCCCC/C=C\CCCCCCCCCCCC(=O)OCCCCCCCCCCC/C=C\C/C=C\CCCCCCCCCCCCCCCC(=O)NC(CO)C(O)CCCCCCCCCCCCCCCCCCCCCC. The summed E-state index contributed by atoms with van der Waals surface area (Å²) >= 11 is 0. The fraction of sp³-hybridized carbons (Fsp3) is 0.899. The van der Waals surface area contributed by atoms with Crippen molar-refractivity contribution >= 4 is 11.9 Å². The number of esters is 1. The first-order chi connectivity index (χ1) is 42.0. The molecule has 0 heterocycles. The lowest BCUT2D eigenvalue weighted by Crippen LogP contribution is -2.45. The van der Waals surface area contributed by atoms with Gasteiger partial charge in [-0.15, -0.1) is 0 Å². The van der Waals surface area contributed by atoms with Crippen molar-refractivity contribution in [2.75, 3.05) is 13.2 Å². The first kappa shape index (κ1) is 83.1. The van der Waals surface area contributed by atoms with Gasteiger partial charge in [-0.05, 0) is 83.5 Å². The third-order valence-electron chi connectivity index (χ3n) is 18.2. The summed E-state index contributed by atoms with van der Waals surface area (Å²) in [5, 5.41) is 23.4. The molecule has 85 heavy (non-hydrogen) atoms. The van der Waals surface area contributed by atoms with Gasteiger partial charge in [0.1, 0.15) is 0 Å². The molecule has 2 unspecified atom stereocenters. The van der Waals surface area contributed by atoms with Gasteiger partial charge in [-0.1, -0.05) is 371 Å². The first-order valence-corrected chi connectivity index (χ1v) is 38.7. The molecule has 0 spiro atoms. The minimum atomic E-state index is -0.666. The molecule has 0 bridgehead atoms. The maximum absolute atomic E-state index is 12.6. The van der Waals surface area contributed by atoms with Crippen molar-refractivity contribution in [3.63, 3.8) is 0 Å². The average molecular weight is 1200 g/mol. The van der Waals surface area contributed by atoms with Gasteiger partial charge in [0.2, 0.25) is 5.91 Å². The number of aliphatic hydroxyl groups is 2. The highest BCUT2D eigenvalue weighted by molar-refractivity contribution is 5.76. The molecular formula is C79H151NO5. The number of aliphatic hydroxyl groups excluding tert-OH is 2. The zero-order chi connectivity index (χ0) is 61.3. The fourth-order valence-corrected chi connectivity index (χ4v) is 12.3. The molecule has 502 valence electrons. The quantitative estimate of drug-likeness (QED) is 0.0320. The number of unbranched alkanes of at least 4 members (excludes halogenated alkanes) is 56. The van der Waals surface area contributed by atoms with Crippen molar-refractivity contribution in [1.82, 2.24) is 5.32 Å². The summed E-state index contributed by atoms with van der Waals surface area (Å²) in [6, 6.07) is -0.544. The number of hydrogen-bond acceptors (Lipinski definition) is 5. The third-order valence-corrected chi connectivity index (χ3v) is 18.2. The van der Waals surface area contributed by atoms with Gasteiger partial charge in [-0.3, -0.25) is 9.59 Å². The molecule has 0 aromatic heterocycles. The topological polar surface area (TPSA) is 95.9 Å². The second-order valence-electron chi connectivity index (χ2n) is 26.7. The van der Waals surface area contributed by atoms with Crippen molar-refractivity contribution in [3.8, 4) is 0 Å². The Balaban J connectivity index is 3.39. The van der Waals surface area contributed by atoms with Crippen LogP contribution in [0.2, 0.25) is 0 Å². The molecular weight excluding hydrogens is 1040 g/mol. The molecule has 0 rings (SSSR count). The standard InChI is InChI=1S/C79H151NO5/c1-3-5-7-9-11-13-15-17-19-21-23-36-39-43-47-51-55-59-63-67-71-77(82)76(75-81)80-78(83)72-68-64-60-56-52-48-44-40-37-33-31-29-27-25-24-26-28-30-32-34-38-42-46-50-54-58-62-66-70-74-85-79(84)73-69-65-61-57-53-49-45-41-35-22-20-18-16-14-12-10-8-6-4-2/h18,20,24,26,30,32,76-77,81-82H,3-17,19,21-23,25,27-29,31,33-75H2,1-2H3,(H,80,83)/b20-18-,26-24-,32-30-. The van der Waals surface area contributed by atoms with Crippen LogP contribution in [0, 0.1) is 0 Å². The van der Waals surface area contributed by atoms with Crippen molar-refractivity contribution in [2.45, 2.75) is 443 Å². The van der Waals surface area contributed by atoms with Crippen LogP contribution in [0.1, 0.15) is 431 Å². The van der Waals surface area contributed by atoms with Crippen molar-refractivity contribution in [1.29, 1.82) is 0 Å². The summed E-state index contributed by atoms with van der Waals surface area (Å²) in [5.41, 5.74) is 0. The summed E-state index contributed by atoms with van der Waals surface area (Å²) in [4.78, 5) is 24.7. The molecule has 0 aromatic rings. The predicted octanol–water partition coefficient (Wildman–Crippen LogP) is 25.4. The van der Waals surface area contributed by atoms with Gasteiger partial charge < -0.3 is 20.3 Å². The first-order valence-electron chi connectivity index (χ1n) is 38.7. The summed E-state index contributed by atoms with van der Waals surface area (Å²) in [6.45, 7) is 4.99. The van der Waals surface area contributed by atoms with E-state index in [0.29, 0.717) is 25.9 Å². The van der Waals surface area contributed by atoms with Crippen molar-refractivity contribution in [3.05, 3.63) is 36.5 Å². The van der Waals surface area contributed by atoms with E-state index in [-0.39, 0.29) is 18.5 Å². The van der Waals surface area contributed by atoms with E-state index in [9.17, 15) is 19.8 Å². The Kier molecular flexibility index (Phi) is 72.9. The molecule has 0 aliphatic rings.